The number of furan rings is 1. The lowest BCUT2D eigenvalue weighted by Gasteiger charge is -1.97. The maximum absolute atomic E-state index is 12.9. The molecule has 0 saturated carbocycles. The Bertz CT molecular complexity index is 1030. The lowest BCUT2D eigenvalue weighted by molar-refractivity contribution is 0.102. The van der Waals surface area contributed by atoms with Crippen LogP contribution in [0.15, 0.2) is 52.9 Å². The maximum Gasteiger partial charge on any atom is 0.218 e. The van der Waals surface area contributed by atoms with Gasteiger partial charge >= 0.3 is 0 Å². The van der Waals surface area contributed by atoms with Crippen molar-refractivity contribution in [1.29, 1.82) is 0 Å². The van der Waals surface area contributed by atoms with Crippen LogP contribution in [0.3, 0.4) is 0 Å². The van der Waals surface area contributed by atoms with Crippen LogP contribution in [-0.2, 0) is 0 Å². The van der Waals surface area contributed by atoms with Crippen molar-refractivity contribution in [2.24, 2.45) is 0 Å². The Morgan fingerprint density at radius 2 is 1.77 bits per heavy atom. The summed E-state index contributed by atoms with van der Waals surface area (Å²) in [4.78, 5) is 24.1. The number of aldehydes is 1. The summed E-state index contributed by atoms with van der Waals surface area (Å²) in [5.74, 6) is -0.303. The van der Waals surface area contributed by atoms with Gasteiger partial charge in [-0.2, -0.15) is 5.10 Å². The SMILES string of the molecule is O=Cc1oc2ccccc2c1C(=O)c1n[nH]c2ccccc12. The zero-order valence-corrected chi connectivity index (χ0v) is 11.4. The monoisotopic (exact) mass is 290 g/mol. The first-order chi connectivity index (χ1) is 10.8. The van der Waals surface area contributed by atoms with E-state index >= 15 is 0 Å². The minimum atomic E-state index is -0.329. The summed E-state index contributed by atoms with van der Waals surface area (Å²) < 4.78 is 5.45. The number of nitrogens with zero attached hydrogens (tertiary/aromatic N) is 1. The van der Waals surface area contributed by atoms with Crippen LogP contribution in [-0.4, -0.2) is 22.3 Å². The lowest BCUT2D eigenvalue weighted by Crippen LogP contribution is -2.04. The molecule has 0 spiro atoms. The van der Waals surface area contributed by atoms with Gasteiger partial charge in [-0.3, -0.25) is 14.7 Å². The topological polar surface area (TPSA) is 76.0 Å². The van der Waals surface area contributed by atoms with Gasteiger partial charge in [-0.05, 0) is 12.1 Å². The molecule has 2 aromatic carbocycles. The number of hydrogen-bond donors (Lipinski definition) is 1. The molecule has 0 unspecified atom stereocenters. The predicted octanol–water partition coefficient (Wildman–Crippen LogP) is 3.35. The molecule has 0 saturated heterocycles. The Kier molecular flexibility index (Phi) is 2.66. The van der Waals surface area contributed by atoms with Gasteiger partial charge in [-0.15, -0.1) is 0 Å². The number of para-hydroxylation sites is 2. The molecule has 0 bridgehead atoms. The van der Waals surface area contributed by atoms with Crippen LogP contribution in [0.4, 0.5) is 0 Å². The molecule has 2 heterocycles. The second-order valence-corrected chi connectivity index (χ2v) is 4.90. The summed E-state index contributed by atoms with van der Waals surface area (Å²) in [5.41, 5.74) is 1.81. The molecule has 0 radical (unpaired) electrons. The van der Waals surface area contributed by atoms with Crippen LogP contribution in [0.25, 0.3) is 21.9 Å². The van der Waals surface area contributed by atoms with E-state index in [2.05, 4.69) is 10.2 Å². The molecule has 106 valence electrons. The van der Waals surface area contributed by atoms with Crippen molar-refractivity contribution < 1.29 is 14.0 Å². The van der Waals surface area contributed by atoms with E-state index < -0.39 is 0 Å². The molecule has 0 fully saturated rings. The summed E-state index contributed by atoms with van der Waals surface area (Å²) in [6, 6.07) is 14.4. The second kappa shape index (κ2) is 4.66. The van der Waals surface area contributed by atoms with Gasteiger partial charge in [0.25, 0.3) is 0 Å². The molecular weight excluding hydrogens is 280 g/mol. The molecule has 0 aliphatic rings. The molecule has 2 aromatic heterocycles. The summed E-state index contributed by atoms with van der Waals surface area (Å²) in [6.45, 7) is 0. The number of carbonyl (C=O) groups is 2. The Balaban J connectivity index is 1.98. The molecule has 22 heavy (non-hydrogen) atoms. The highest BCUT2D eigenvalue weighted by atomic mass is 16.3. The lowest BCUT2D eigenvalue weighted by atomic mass is 10.0. The molecule has 5 heteroatoms. The number of H-pyrrole nitrogens is 1. The van der Waals surface area contributed by atoms with Crippen LogP contribution in [0.5, 0.6) is 0 Å². The van der Waals surface area contributed by atoms with E-state index in [0.29, 0.717) is 17.3 Å². The number of aromatic amines is 1. The molecular formula is C17H10N2O3. The van der Waals surface area contributed by atoms with Crippen molar-refractivity contribution in [3.63, 3.8) is 0 Å². The third kappa shape index (κ3) is 1.69. The zero-order valence-electron chi connectivity index (χ0n) is 11.4. The van der Waals surface area contributed by atoms with E-state index in [1.54, 1.807) is 24.3 Å². The third-order valence-electron chi connectivity index (χ3n) is 3.64. The van der Waals surface area contributed by atoms with E-state index in [0.717, 1.165) is 10.9 Å². The van der Waals surface area contributed by atoms with Crippen LogP contribution < -0.4 is 0 Å². The van der Waals surface area contributed by atoms with Gasteiger partial charge in [-0.1, -0.05) is 36.4 Å². The summed E-state index contributed by atoms with van der Waals surface area (Å²) in [7, 11) is 0. The fourth-order valence-electron chi connectivity index (χ4n) is 2.64. The average molecular weight is 290 g/mol. The largest absolute Gasteiger partial charge is 0.452 e. The number of benzene rings is 2. The Morgan fingerprint density at radius 1 is 1.05 bits per heavy atom. The van der Waals surface area contributed by atoms with Gasteiger partial charge in [0.2, 0.25) is 5.78 Å². The van der Waals surface area contributed by atoms with E-state index in [-0.39, 0.29) is 22.8 Å². The molecule has 0 amide bonds. The molecule has 0 aliphatic heterocycles. The van der Waals surface area contributed by atoms with Crippen molar-refractivity contribution in [3.05, 3.63) is 65.5 Å². The third-order valence-corrected chi connectivity index (χ3v) is 3.64. The van der Waals surface area contributed by atoms with E-state index in [4.69, 9.17) is 4.42 Å². The van der Waals surface area contributed by atoms with E-state index in [1.807, 2.05) is 24.3 Å². The van der Waals surface area contributed by atoms with Gasteiger partial charge in [0.1, 0.15) is 11.3 Å². The van der Waals surface area contributed by atoms with E-state index in [1.165, 1.54) is 0 Å². The van der Waals surface area contributed by atoms with E-state index in [9.17, 15) is 9.59 Å². The number of hydrogen-bond acceptors (Lipinski definition) is 4. The van der Waals surface area contributed by atoms with Crippen molar-refractivity contribution >= 4 is 33.9 Å². The number of aromatic nitrogens is 2. The number of fused-ring (bicyclic) bond motifs is 2. The van der Waals surface area contributed by atoms with Crippen molar-refractivity contribution in [2.75, 3.05) is 0 Å². The van der Waals surface area contributed by atoms with Gasteiger partial charge in [0.05, 0.1) is 11.1 Å². The minimum absolute atomic E-state index is 0.0262. The van der Waals surface area contributed by atoms with Crippen LogP contribution in [0.1, 0.15) is 26.6 Å². The smallest absolute Gasteiger partial charge is 0.218 e. The molecule has 4 rings (SSSR count). The molecule has 4 aromatic rings. The molecule has 1 N–H and O–H groups in total. The predicted molar refractivity (Wildman–Crippen MR) is 81.1 cm³/mol. The first kappa shape index (κ1) is 12.5. The number of rotatable bonds is 3. The Hall–Kier alpha value is -3.21. The highest BCUT2D eigenvalue weighted by Gasteiger charge is 2.24. The average Bonchev–Trinajstić information content (AvgIpc) is 3.15. The maximum atomic E-state index is 12.9. The van der Waals surface area contributed by atoms with Gasteiger partial charge in [0.15, 0.2) is 12.0 Å². The highest BCUT2D eigenvalue weighted by molar-refractivity contribution is 6.22. The van der Waals surface area contributed by atoms with Crippen molar-refractivity contribution in [3.8, 4) is 0 Å². The Labute approximate surface area is 124 Å². The van der Waals surface area contributed by atoms with Gasteiger partial charge in [0, 0.05) is 10.8 Å². The van der Waals surface area contributed by atoms with Crippen molar-refractivity contribution in [2.45, 2.75) is 0 Å². The number of carbonyl (C=O) groups excluding carboxylic acids is 2. The standard InChI is InChI=1S/C17H10N2O3/c20-9-14-15(11-6-2-4-8-13(11)22-14)17(21)16-10-5-1-3-7-12(10)18-19-16/h1-9H,(H,18,19). The van der Waals surface area contributed by atoms with Crippen LogP contribution in [0, 0.1) is 0 Å². The fraction of sp³-hybridized carbons (Fsp3) is 0. The van der Waals surface area contributed by atoms with Gasteiger partial charge < -0.3 is 4.42 Å². The first-order valence-electron chi connectivity index (χ1n) is 6.74. The Morgan fingerprint density at radius 3 is 2.59 bits per heavy atom. The summed E-state index contributed by atoms with van der Waals surface area (Å²) in [5, 5.41) is 8.26. The minimum Gasteiger partial charge on any atom is -0.452 e. The summed E-state index contributed by atoms with van der Waals surface area (Å²) >= 11 is 0. The number of ketones is 1. The second-order valence-electron chi connectivity index (χ2n) is 4.90. The van der Waals surface area contributed by atoms with Crippen molar-refractivity contribution in [1.82, 2.24) is 10.2 Å². The highest BCUT2D eigenvalue weighted by Crippen LogP contribution is 2.28. The zero-order chi connectivity index (χ0) is 15.1. The normalized spacial score (nSPS) is 11.1. The fourth-order valence-corrected chi connectivity index (χ4v) is 2.64. The first-order valence-corrected chi connectivity index (χ1v) is 6.74. The molecule has 0 atom stereocenters. The van der Waals surface area contributed by atoms with Crippen LogP contribution in [0.2, 0.25) is 0 Å². The number of nitrogens with one attached hydrogen (secondary N) is 1. The summed E-state index contributed by atoms with van der Waals surface area (Å²) in [6.07, 6.45) is 0.558. The molecule has 0 aliphatic carbocycles. The van der Waals surface area contributed by atoms with Crippen LogP contribution >= 0.6 is 0 Å². The quantitative estimate of drug-likeness (QED) is 0.463. The molecule has 5 nitrogen and oxygen atoms in total. The van der Waals surface area contributed by atoms with Gasteiger partial charge in [-0.25, -0.2) is 0 Å².